The summed E-state index contributed by atoms with van der Waals surface area (Å²) >= 11 is 0. The van der Waals surface area contributed by atoms with E-state index in [1.165, 1.54) is 19.3 Å². The van der Waals surface area contributed by atoms with Crippen molar-refractivity contribution in [3.63, 3.8) is 0 Å². The van der Waals surface area contributed by atoms with Crippen molar-refractivity contribution in [1.29, 1.82) is 0 Å². The van der Waals surface area contributed by atoms with Crippen LogP contribution in [-0.4, -0.2) is 29.1 Å². The van der Waals surface area contributed by atoms with Gasteiger partial charge in [-0.05, 0) is 75.8 Å². The molecule has 3 nitrogen and oxygen atoms in total. The van der Waals surface area contributed by atoms with Crippen LogP contribution in [0.1, 0.15) is 59.2 Å². The van der Waals surface area contributed by atoms with Gasteiger partial charge >= 0.3 is 5.97 Å². The van der Waals surface area contributed by atoms with Crippen LogP contribution in [0.5, 0.6) is 0 Å². The highest BCUT2D eigenvalue weighted by Gasteiger charge is 2.49. The lowest BCUT2D eigenvalue weighted by molar-refractivity contribution is 0.0647. The number of nitrogens with zero attached hydrogens (tertiary/aromatic N) is 1. The molecule has 1 aromatic carbocycles. The first-order valence-electron chi connectivity index (χ1n) is 7.54. The summed E-state index contributed by atoms with van der Waals surface area (Å²) in [6.07, 6.45) is 5.85. The molecule has 2 unspecified atom stereocenters. The van der Waals surface area contributed by atoms with Crippen molar-refractivity contribution in [3.8, 4) is 0 Å². The number of benzene rings is 1. The third-order valence-corrected chi connectivity index (χ3v) is 5.42. The standard InChI is InChI=1S/C17H23NO2.ClH/c1-11-9-12(2)15(14(10-11)16(19)20)17-7-4-5-13(6-8-17)18(17)3;/h9-10,13H,4-8H2,1-3H3,(H,19,20);1H. The number of aryl methyl sites for hydroxylation is 2. The molecule has 21 heavy (non-hydrogen) atoms. The summed E-state index contributed by atoms with van der Waals surface area (Å²) in [5.41, 5.74) is 3.70. The molecule has 0 radical (unpaired) electrons. The van der Waals surface area contributed by atoms with Crippen molar-refractivity contribution in [2.75, 3.05) is 7.05 Å². The van der Waals surface area contributed by atoms with E-state index < -0.39 is 5.97 Å². The Hall–Kier alpha value is -1.06. The highest BCUT2D eigenvalue weighted by molar-refractivity contribution is 5.90. The zero-order valence-corrected chi connectivity index (χ0v) is 13.8. The van der Waals surface area contributed by atoms with Crippen LogP contribution in [0.2, 0.25) is 0 Å². The van der Waals surface area contributed by atoms with Crippen molar-refractivity contribution in [2.45, 2.75) is 57.5 Å². The van der Waals surface area contributed by atoms with Gasteiger partial charge in [0.1, 0.15) is 0 Å². The van der Waals surface area contributed by atoms with Gasteiger partial charge in [-0.25, -0.2) is 4.79 Å². The SMILES string of the molecule is Cc1cc(C)c(C23CCCC(CC2)N3C)c(C(=O)O)c1.Cl. The zero-order chi connectivity index (χ0) is 14.5. The van der Waals surface area contributed by atoms with E-state index >= 15 is 0 Å². The molecule has 2 bridgehead atoms. The van der Waals surface area contributed by atoms with E-state index in [2.05, 4.69) is 24.9 Å². The molecule has 2 aliphatic rings. The fourth-order valence-corrected chi connectivity index (χ4v) is 4.57. The monoisotopic (exact) mass is 309 g/mol. The van der Waals surface area contributed by atoms with Crippen molar-refractivity contribution >= 4 is 18.4 Å². The average Bonchev–Trinajstić information content (AvgIpc) is 2.59. The van der Waals surface area contributed by atoms with Gasteiger partial charge in [-0.2, -0.15) is 0 Å². The highest BCUT2D eigenvalue weighted by Crippen LogP contribution is 2.51. The van der Waals surface area contributed by atoms with Gasteiger partial charge in [0.25, 0.3) is 0 Å². The number of carboxylic acid groups (broad SMARTS) is 1. The second kappa shape index (κ2) is 5.62. The van der Waals surface area contributed by atoms with Gasteiger partial charge in [-0.15, -0.1) is 12.4 Å². The molecule has 2 heterocycles. The van der Waals surface area contributed by atoms with Crippen molar-refractivity contribution < 1.29 is 9.90 Å². The topological polar surface area (TPSA) is 40.5 Å². The minimum absolute atomic E-state index is 0. The maximum absolute atomic E-state index is 11.7. The number of halogens is 1. The summed E-state index contributed by atoms with van der Waals surface area (Å²) in [6.45, 7) is 4.04. The highest BCUT2D eigenvalue weighted by atomic mass is 35.5. The number of rotatable bonds is 2. The van der Waals surface area contributed by atoms with Crippen LogP contribution in [-0.2, 0) is 5.54 Å². The van der Waals surface area contributed by atoms with Crippen molar-refractivity contribution in [1.82, 2.24) is 4.90 Å². The van der Waals surface area contributed by atoms with Crippen LogP contribution in [0.4, 0.5) is 0 Å². The second-order valence-electron chi connectivity index (χ2n) is 6.54. The number of piperidine rings is 1. The molecule has 2 aliphatic heterocycles. The molecule has 3 rings (SSSR count). The maximum atomic E-state index is 11.7. The molecule has 0 amide bonds. The zero-order valence-electron chi connectivity index (χ0n) is 13.0. The Bertz CT molecular complexity index is 568. The van der Waals surface area contributed by atoms with Gasteiger partial charge in [-0.3, -0.25) is 4.90 Å². The molecule has 0 aliphatic carbocycles. The van der Waals surface area contributed by atoms with Crippen LogP contribution < -0.4 is 0 Å². The van der Waals surface area contributed by atoms with Crippen LogP contribution in [0.15, 0.2) is 12.1 Å². The fraction of sp³-hybridized carbons (Fsp3) is 0.588. The molecule has 0 spiro atoms. The minimum Gasteiger partial charge on any atom is -0.478 e. The summed E-state index contributed by atoms with van der Waals surface area (Å²) < 4.78 is 0. The van der Waals surface area contributed by atoms with Gasteiger partial charge < -0.3 is 5.11 Å². The van der Waals surface area contributed by atoms with Gasteiger partial charge in [0.15, 0.2) is 0 Å². The predicted molar refractivity (Wildman–Crippen MR) is 86.4 cm³/mol. The fourth-order valence-electron chi connectivity index (χ4n) is 4.57. The summed E-state index contributed by atoms with van der Waals surface area (Å²) in [5.74, 6) is -0.788. The third kappa shape index (κ3) is 2.36. The van der Waals surface area contributed by atoms with Crippen LogP contribution in [0.3, 0.4) is 0 Å². The first-order chi connectivity index (χ1) is 9.45. The Morgan fingerprint density at radius 2 is 2.00 bits per heavy atom. The summed E-state index contributed by atoms with van der Waals surface area (Å²) in [5, 5.41) is 9.64. The smallest absolute Gasteiger partial charge is 0.336 e. The molecule has 2 saturated heterocycles. The van der Waals surface area contributed by atoms with Crippen LogP contribution >= 0.6 is 12.4 Å². The summed E-state index contributed by atoms with van der Waals surface area (Å²) in [7, 11) is 2.18. The van der Waals surface area contributed by atoms with E-state index in [1.807, 2.05) is 13.0 Å². The summed E-state index contributed by atoms with van der Waals surface area (Å²) in [4.78, 5) is 14.2. The van der Waals surface area contributed by atoms with Gasteiger partial charge in [0.05, 0.1) is 5.56 Å². The molecule has 2 fully saturated rings. The van der Waals surface area contributed by atoms with E-state index in [1.54, 1.807) is 0 Å². The number of hydrogen-bond donors (Lipinski definition) is 1. The lowest BCUT2D eigenvalue weighted by atomic mass is 9.77. The average molecular weight is 310 g/mol. The Balaban J connectivity index is 0.00000161. The first-order valence-corrected chi connectivity index (χ1v) is 7.54. The van der Waals surface area contributed by atoms with Crippen LogP contribution in [0.25, 0.3) is 0 Å². The molecule has 0 saturated carbocycles. The molecular weight excluding hydrogens is 286 g/mol. The second-order valence-corrected chi connectivity index (χ2v) is 6.54. The van der Waals surface area contributed by atoms with Crippen molar-refractivity contribution in [2.24, 2.45) is 0 Å². The normalized spacial score (nSPS) is 28.2. The predicted octanol–water partition coefficient (Wildman–Crippen LogP) is 3.90. The molecular formula is C17H24ClNO2. The number of carbonyl (C=O) groups is 1. The number of hydrogen-bond acceptors (Lipinski definition) is 2. The molecule has 1 aromatic rings. The minimum atomic E-state index is -0.788. The third-order valence-electron chi connectivity index (χ3n) is 5.42. The molecule has 116 valence electrons. The first kappa shape index (κ1) is 16.3. The Morgan fingerprint density at radius 1 is 1.29 bits per heavy atom. The largest absolute Gasteiger partial charge is 0.478 e. The maximum Gasteiger partial charge on any atom is 0.336 e. The van der Waals surface area contributed by atoms with Crippen molar-refractivity contribution in [3.05, 3.63) is 34.4 Å². The quantitative estimate of drug-likeness (QED) is 0.901. The molecule has 2 atom stereocenters. The Labute approximate surface area is 132 Å². The number of fused-ring (bicyclic) bond motifs is 2. The Kier molecular flexibility index (Phi) is 4.36. The molecule has 0 aromatic heterocycles. The lowest BCUT2D eigenvalue weighted by Crippen LogP contribution is -2.46. The van der Waals surface area contributed by atoms with Gasteiger partial charge in [-0.1, -0.05) is 6.07 Å². The van der Waals surface area contributed by atoms with Gasteiger partial charge in [0.2, 0.25) is 0 Å². The summed E-state index contributed by atoms with van der Waals surface area (Å²) in [6, 6.07) is 4.60. The van der Waals surface area contributed by atoms with E-state index in [4.69, 9.17) is 0 Å². The van der Waals surface area contributed by atoms with Gasteiger partial charge in [0, 0.05) is 11.6 Å². The Morgan fingerprint density at radius 3 is 2.67 bits per heavy atom. The van der Waals surface area contributed by atoms with E-state index in [0.717, 1.165) is 29.5 Å². The molecule has 1 N–H and O–H groups in total. The molecule has 4 heteroatoms. The van der Waals surface area contributed by atoms with Crippen LogP contribution in [0, 0.1) is 13.8 Å². The van der Waals surface area contributed by atoms with E-state index in [9.17, 15) is 9.90 Å². The number of carboxylic acids is 1. The lowest BCUT2D eigenvalue weighted by Gasteiger charge is -2.44. The number of aromatic carboxylic acids is 1. The van der Waals surface area contributed by atoms with E-state index in [-0.39, 0.29) is 17.9 Å². The van der Waals surface area contributed by atoms with E-state index in [0.29, 0.717) is 11.6 Å².